The number of hydrogen-bond donors (Lipinski definition) is 0. The SMILES string of the molecule is CI.COC(=O)C1(c2ccccc2)CC1. The largest absolute Gasteiger partial charge is 0.468 e. The van der Waals surface area contributed by atoms with Crippen molar-refractivity contribution in [3.8, 4) is 0 Å². The van der Waals surface area contributed by atoms with Crippen LogP contribution < -0.4 is 0 Å². The monoisotopic (exact) mass is 318 g/mol. The Morgan fingerprint density at radius 1 is 1.27 bits per heavy atom. The van der Waals surface area contributed by atoms with E-state index in [2.05, 4.69) is 22.6 Å². The minimum absolute atomic E-state index is 0.0984. The number of hydrogen-bond acceptors (Lipinski definition) is 2. The van der Waals surface area contributed by atoms with E-state index in [0.29, 0.717) is 0 Å². The van der Waals surface area contributed by atoms with Crippen LogP contribution in [0.4, 0.5) is 0 Å². The number of rotatable bonds is 2. The summed E-state index contributed by atoms with van der Waals surface area (Å²) >= 11 is 2.15. The van der Waals surface area contributed by atoms with E-state index >= 15 is 0 Å². The quantitative estimate of drug-likeness (QED) is 0.476. The molecule has 2 nitrogen and oxygen atoms in total. The van der Waals surface area contributed by atoms with Crippen molar-refractivity contribution in [2.75, 3.05) is 12.0 Å². The van der Waals surface area contributed by atoms with Gasteiger partial charge >= 0.3 is 5.97 Å². The van der Waals surface area contributed by atoms with E-state index < -0.39 is 0 Å². The Bertz CT molecular complexity index is 318. The van der Waals surface area contributed by atoms with Crippen LogP contribution in [-0.4, -0.2) is 18.0 Å². The van der Waals surface area contributed by atoms with Crippen molar-refractivity contribution >= 4 is 28.6 Å². The predicted molar refractivity (Wildman–Crippen MR) is 69.3 cm³/mol. The van der Waals surface area contributed by atoms with Crippen LogP contribution >= 0.6 is 22.6 Å². The lowest BCUT2D eigenvalue weighted by atomic mass is 9.96. The Morgan fingerprint density at radius 3 is 2.20 bits per heavy atom. The molecule has 0 N–H and O–H groups in total. The average Bonchev–Trinajstić information content (AvgIpc) is 3.13. The molecule has 3 heteroatoms. The van der Waals surface area contributed by atoms with E-state index in [1.807, 2.05) is 35.3 Å². The molecule has 1 aromatic carbocycles. The second-order valence-corrected chi connectivity index (χ2v) is 3.44. The van der Waals surface area contributed by atoms with E-state index in [1.165, 1.54) is 7.11 Å². The zero-order valence-corrected chi connectivity index (χ0v) is 11.2. The second-order valence-electron chi connectivity index (χ2n) is 3.44. The van der Waals surface area contributed by atoms with Gasteiger partial charge in [-0.2, -0.15) is 0 Å². The molecule has 0 bridgehead atoms. The number of halogens is 1. The second kappa shape index (κ2) is 5.49. The minimum atomic E-state index is -0.310. The van der Waals surface area contributed by atoms with E-state index in [0.717, 1.165) is 18.4 Å². The van der Waals surface area contributed by atoms with Gasteiger partial charge in [-0.25, -0.2) is 0 Å². The summed E-state index contributed by atoms with van der Waals surface area (Å²) < 4.78 is 4.79. The summed E-state index contributed by atoms with van der Waals surface area (Å²) in [5, 5.41) is 0. The minimum Gasteiger partial charge on any atom is -0.468 e. The summed E-state index contributed by atoms with van der Waals surface area (Å²) in [6.45, 7) is 0. The van der Waals surface area contributed by atoms with Gasteiger partial charge in [0.2, 0.25) is 0 Å². The van der Waals surface area contributed by atoms with Gasteiger partial charge in [0.1, 0.15) is 0 Å². The molecule has 0 saturated heterocycles. The molecule has 15 heavy (non-hydrogen) atoms. The summed E-state index contributed by atoms with van der Waals surface area (Å²) in [6.07, 6.45) is 1.84. The van der Waals surface area contributed by atoms with Crippen LogP contribution in [0.3, 0.4) is 0 Å². The fourth-order valence-corrected chi connectivity index (χ4v) is 1.69. The van der Waals surface area contributed by atoms with E-state index in [9.17, 15) is 4.79 Å². The third-order valence-corrected chi connectivity index (χ3v) is 2.65. The first-order chi connectivity index (χ1) is 7.29. The molecule has 0 amide bonds. The highest BCUT2D eigenvalue weighted by Crippen LogP contribution is 2.48. The van der Waals surface area contributed by atoms with Gasteiger partial charge in [0, 0.05) is 0 Å². The van der Waals surface area contributed by atoms with Gasteiger partial charge in [-0.15, -0.1) is 0 Å². The van der Waals surface area contributed by atoms with Gasteiger partial charge in [0.15, 0.2) is 0 Å². The first-order valence-corrected chi connectivity index (χ1v) is 6.97. The summed E-state index contributed by atoms with van der Waals surface area (Å²) in [5.74, 6) is -0.0984. The highest BCUT2D eigenvalue weighted by atomic mass is 127. The molecule has 1 aliphatic carbocycles. The van der Waals surface area contributed by atoms with Gasteiger partial charge in [-0.05, 0) is 23.3 Å². The van der Waals surface area contributed by atoms with Gasteiger partial charge in [-0.3, -0.25) is 4.79 Å². The van der Waals surface area contributed by atoms with Crippen molar-refractivity contribution in [1.29, 1.82) is 0 Å². The normalized spacial score (nSPS) is 15.9. The first kappa shape index (κ1) is 12.5. The smallest absolute Gasteiger partial charge is 0.316 e. The third-order valence-electron chi connectivity index (χ3n) is 2.65. The van der Waals surface area contributed by atoms with Crippen LogP contribution in [0, 0.1) is 0 Å². The van der Waals surface area contributed by atoms with E-state index in [1.54, 1.807) is 0 Å². The van der Waals surface area contributed by atoms with Crippen molar-refractivity contribution in [2.24, 2.45) is 0 Å². The van der Waals surface area contributed by atoms with Crippen molar-refractivity contribution in [3.63, 3.8) is 0 Å². The molecule has 0 aromatic heterocycles. The predicted octanol–water partition coefficient (Wildman–Crippen LogP) is 2.94. The molecule has 1 aromatic rings. The maximum absolute atomic E-state index is 11.5. The Hall–Kier alpha value is -0.580. The fraction of sp³-hybridized carbons (Fsp3) is 0.417. The Morgan fingerprint density at radius 2 is 1.80 bits per heavy atom. The van der Waals surface area contributed by atoms with Crippen molar-refractivity contribution < 1.29 is 9.53 Å². The number of carbonyl (C=O) groups is 1. The summed E-state index contributed by atoms with van der Waals surface area (Å²) in [6, 6.07) is 9.85. The standard InChI is InChI=1S/C11H12O2.CH3I/c1-13-10(12)11(7-8-11)9-5-3-2-4-6-9;1-2/h2-6H,7-8H2,1H3;1H3. The number of benzene rings is 1. The molecule has 2 rings (SSSR count). The zero-order chi connectivity index (χ0) is 11.3. The molecule has 0 radical (unpaired) electrons. The number of alkyl halides is 1. The van der Waals surface area contributed by atoms with Crippen LogP contribution in [0.2, 0.25) is 0 Å². The van der Waals surface area contributed by atoms with Crippen molar-refractivity contribution in [3.05, 3.63) is 35.9 Å². The molecule has 1 saturated carbocycles. The number of carbonyl (C=O) groups excluding carboxylic acids is 1. The van der Waals surface area contributed by atoms with Crippen LogP contribution in [0.15, 0.2) is 30.3 Å². The molecule has 1 fully saturated rings. The first-order valence-electron chi connectivity index (χ1n) is 4.81. The van der Waals surface area contributed by atoms with E-state index in [4.69, 9.17) is 4.74 Å². The molecule has 1 aliphatic rings. The summed E-state index contributed by atoms with van der Waals surface area (Å²) in [7, 11) is 1.45. The topological polar surface area (TPSA) is 26.3 Å². The van der Waals surface area contributed by atoms with Crippen LogP contribution in [0.1, 0.15) is 18.4 Å². The summed E-state index contributed by atoms with van der Waals surface area (Å²) in [4.78, 5) is 13.4. The molecule has 0 atom stereocenters. The number of esters is 1. The van der Waals surface area contributed by atoms with Crippen molar-refractivity contribution in [2.45, 2.75) is 18.3 Å². The molecule has 0 spiro atoms. The maximum atomic E-state index is 11.5. The lowest BCUT2D eigenvalue weighted by Gasteiger charge is -2.11. The van der Waals surface area contributed by atoms with Gasteiger partial charge in [-0.1, -0.05) is 52.9 Å². The van der Waals surface area contributed by atoms with Crippen LogP contribution in [0.5, 0.6) is 0 Å². The lowest BCUT2D eigenvalue weighted by molar-refractivity contribution is -0.143. The molecule has 0 unspecified atom stereocenters. The van der Waals surface area contributed by atoms with Gasteiger partial charge < -0.3 is 4.74 Å². The molecule has 0 aliphatic heterocycles. The average molecular weight is 318 g/mol. The molecular weight excluding hydrogens is 303 g/mol. The Balaban J connectivity index is 0.000000531. The zero-order valence-electron chi connectivity index (χ0n) is 9.00. The Kier molecular flexibility index (Phi) is 4.57. The van der Waals surface area contributed by atoms with Gasteiger partial charge in [0.25, 0.3) is 0 Å². The third kappa shape index (κ3) is 2.51. The number of ether oxygens (including phenoxy) is 1. The van der Waals surface area contributed by atoms with E-state index in [-0.39, 0.29) is 11.4 Å². The van der Waals surface area contributed by atoms with Crippen LogP contribution in [-0.2, 0) is 14.9 Å². The summed E-state index contributed by atoms with van der Waals surface area (Å²) in [5.41, 5.74) is 0.776. The fourth-order valence-electron chi connectivity index (χ4n) is 1.69. The maximum Gasteiger partial charge on any atom is 0.316 e. The van der Waals surface area contributed by atoms with Crippen molar-refractivity contribution in [1.82, 2.24) is 0 Å². The lowest BCUT2D eigenvalue weighted by Crippen LogP contribution is -2.21. The van der Waals surface area contributed by atoms with Gasteiger partial charge in [0.05, 0.1) is 12.5 Å². The highest BCUT2D eigenvalue weighted by molar-refractivity contribution is 14.1. The molecule has 0 heterocycles. The Labute approximate surface area is 104 Å². The molecule has 82 valence electrons. The highest BCUT2D eigenvalue weighted by Gasteiger charge is 2.52. The molecular formula is C12H15IO2. The number of methoxy groups -OCH3 is 1. The van der Waals surface area contributed by atoms with Crippen LogP contribution in [0.25, 0.3) is 0 Å².